The third kappa shape index (κ3) is 3.74. The SMILES string of the molecule is N#Cc1ccc(Cn2cncc2CC(=O)c2cnc(-c3ccccc3)[nH]2)cc1. The van der Waals surface area contributed by atoms with Crippen molar-refractivity contribution in [1.82, 2.24) is 19.5 Å². The maximum absolute atomic E-state index is 12.7. The van der Waals surface area contributed by atoms with Gasteiger partial charge in [0.05, 0.1) is 30.6 Å². The number of ketones is 1. The first-order valence-corrected chi connectivity index (χ1v) is 8.84. The summed E-state index contributed by atoms with van der Waals surface area (Å²) in [4.78, 5) is 24.3. The molecule has 0 spiro atoms. The first kappa shape index (κ1) is 17.4. The number of hydrogen-bond donors (Lipinski definition) is 1. The quantitative estimate of drug-likeness (QED) is 0.527. The van der Waals surface area contributed by atoms with Crippen molar-refractivity contribution in [2.45, 2.75) is 13.0 Å². The van der Waals surface area contributed by atoms with Gasteiger partial charge in [0.2, 0.25) is 0 Å². The minimum atomic E-state index is -0.0451. The van der Waals surface area contributed by atoms with Crippen molar-refractivity contribution >= 4 is 5.78 Å². The standard InChI is InChI=1S/C22H17N5O/c23-11-16-6-8-17(9-7-16)14-27-15-24-12-19(27)10-21(28)20-13-25-22(26-20)18-4-2-1-3-5-18/h1-9,12-13,15H,10,14H2,(H,25,26). The summed E-state index contributed by atoms with van der Waals surface area (Å²) in [5.41, 5.74) is 3.90. The highest BCUT2D eigenvalue weighted by Gasteiger charge is 2.14. The molecule has 1 N–H and O–H groups in total. The number of aromatic nitrogens is 4. The third-order valence-corrected chi connectivity index (χ3v) is 4.50. The zero-order valence-electron chi connectivity index (χ0n) is 15.0. The van der Waals surface area contributed by atoms with E-state index in [4.69, 9.17) is 5.26 Å². The molecule has 0 atom stereocenters. The van der Waals surface area contributed by atoms with Gasteiger partial charge in [-0.3, -0.25) is 4.79 Å². The lowest BCUT2D eigenvalue weighted by Gasteiger charge is -2.07. The molecule has 0 aliphatic heterocycles. The van der Waals surface area contributed by atoms with Crippen molar-refractivity contribution in [1.29, 1.82) is 5.26 Å². The van der Waals surface area contributed by atoms with Gasteiger partial charge in [0, 0.05) is 24.0 Å². The summed E-state index contributed by atoms with van der Waals surface area (Å²) < 4.78 is 1.94. The van der Waals surface area contributed by atoms with E-state index in [9.17, 15) is 4.79 Å². The molecular formula is C22H17N5O. The fraction of sp³-hybridized carbons (Fsp3) is 0.0909. The normalized spacial score (nSPS) is 10.5. The number of nitrogens with zero attached hydrogens (tertiary/aromatic N) is 4. The molecule has 2 heterocycles. The Morgan fingerprint density at radius 2 is 1.86 bits per heavy atom. The second-order valence-corrected chi connectivity index (χ2v) is 6.43. The van der Waals surface area contributed by atoms with Crippen molar-refractivity contribution in [3.8, 4) is 17.5 Å². The van der Waals surface area contributed by atoms with Crippen LogP contribution in [0.5, 0.6) is 0 Å². The highest BCUT2D eigenvalue weighted by molar-refractivity contribution is 5.95. The van der Waals surface area contributed by atoms with Crippen LogP contribution in [0.1, 0.15) is 27.3 Å². The number of hydrogen-bond acceptors (Lipinski definition) is 4. The van der Waals surface area contributed by atoms with Crippen LogP contribution in [0.2, 0.25) is 0 Å². The summed E-state index contributed by atoms with van der Waals surface area (Å²) in [6.45, 7) is 0.590. The van der Waals surface area contributed by atoms with Gasteiger partial charge < -0.3 is 9.55 Å². The van der Waals surface area contributed by atoms with Crippen LogP contribution in [0.3, 0.4) is 0 Å². The fourth-order valence-corrected chi connectivity index (χ4v) is 2.98. The van der Waals surface area contributed by atoms with E-state index < -0.39 is 0 Å². The number of rotatable bonds is 6. The van der Waals surface area contributed by atoms with Crippen LogP contribution >= 0.6 is 0 Å². The number of carbonyl (C=O) groups is 1. The largest absolute Gasteiger partial charge is 0.336 e. The van der Waals surface area contributed by atoms with Gasteiger partial charge in [-0.25, -0.2) is 9.97 Å². The van der Waals surface area contributed by atoms with Crippen molar-refractivity contribution in [2.24, 2.45) is 0 Å². The first-order valence-electron chi connectivity index (χ1n) is 8.84. The van der Waals surface area contributed by atoms with E-state index in [0.29, 0.717) is 23.6 Å². The van der Waals surface area contributed by atoms with Crippen LogP contribution in [-0.4, -0.2) is 25.3 Å². The Labute approximate surface area is 162 Å². The predicted octanol–water partition coefficient (Wildman–Crippen LogP) is 3.62. The molecule has 0 radical (unpaired) electrons. The van der Waals surface area contributed by atoms with Gasteiger partial charge in [0.1, 0.15) is 11.5 Å². The van der Waals surface area contributed by atoms with Crippen LogP contribution < -0.4 is 0 Å². The summed E-state index contributed by atoms with van der Waals surface area (Å²) in [6.07, 6.45) is 5.22. The number of nitrogens with one attached hydrogen (secondary N) is 1. The molecule has 136 valence electrons. The molecule has 0 amide bonds. The summed E-state index contributed by atoms with van der Waals surface area (Å²) in [7, 11) is 0. The summed E-state index contributed by atoms with van der Waals surface area (Å²) in [5, 5.41) is 8.90. The molecule has 2 aromatic carbocycles. The maximum atomic E-state index is 12.7. The highest BCUT2D eigenvalue weighted by atomic mass is 16.1. The summed E-state index contributed by atoms with van der Waals surface area (Å²) in [6, 6.07) is 19.2. The van der Waals surface area contributed by atoms with E-state index in [1.54, 1.807) is 30.9 Å². The van der Waals surface area contributed by atoms with Crippen molar-refractivity contribution in [2.75, 3.05) is 0 Å². The van der Waals surface area contributed by atoms with Gasteiger partial charge in [0.15, 0.2) is 5.78 Å². The van der Waals surface area contributed by atoms with Gasteiger partial charge in [-0.1, -0.05) is 42.5 Å². The summed E-state index contributed by atoms with van der Waals surface area (Å²) >= 11 is 0. The molecule has 6 heteroatoms. The molecule has 0 aliphatic carbocycles. The molecule has 4 aromatic rings. The molecule has 0 unspecified atom stereocenters. The zero-order valence-corrected chi connectivity index (χ0v) is 15.0. The third-order valence-electron chi connectivity index (χ3n) is 4.50. The van der Waals surface area contributed by atoms with Crippen LogP contribution in [0.4, 0.5) is 0 Å². The molecule has 28 heavy (non-hydrogen) atoms. The lowest BCUT2D eigenvalue weighted by atomic mass is 10.1. The van der Waals surface area contributed by atoms with E-state index in [2.05, 4.69) is 21.0 Å². The number of H-pyrrole nitrogens is 1. The van der Waals surface area contributed by atoms with Crippen molar-refractivity contribution < 1.29 is 4.79 Å². The average molecular weight is 367 g/mol. The summed E-state index contributed by atoms with van der Waals surface area (Å²) in [5.74, 6) is 0.631. The Morgan fingerprint density at radius 1 is 1.07 bits per heavy atom. The van der Waals surface area contributed by atoms with Gasteiger partial charge in [-0.15, -0.1) is 0 Å². The van der Waals surface area contributed by atoms with Crippen LogP contribution in [0, 0.1) is 11.3 Å². The fourth-order valence-electron chi connectivity index (χ4n) is 2.98. The zero-order chi connectivity index (χ0) is 19.3. The minimum Gasteiger partial charge on any atom is -0.336 e. The molecule has 0 aliphatic rings. The molecule has 6 nitrogen and oxygen atoms in total. The lowest BCUT2D eigenvalue weighted by molar-refractivity contribution is 0.0986. The first-order chi connectivity index (χ1) is 13.7. The van der Waals surface area contributed by atoms with Crippen LogP contribution in [0.25, 0.3) is 11.4 Å². The molecule has 0 saturated heterocycles. The number of imidazole rings is 2. The number of Topliss-reactive ketones (excluding diaryl/α,β-unsaturated/α-hetero) is 1. The van der Waals surface area contributed by atoms with Crippen LogP contribution in [0.15, 0.2) is 73.3 Å². The Hall–Kier alpha value is -3.98. The van der Waals surface area contributed by atoms with E-state index >= 15 is 0 Å². The van der Waals surface area contributed by atoms with Gasteiger partial charge in [0.25, 0.3) is 0 Å². The Morgan fingerprint density at radius 3 is 2.61 bits per heavy atom. The highest BCUT2D eigenvalue weighted by Crippen LogP contribution is 2.16. The minimum absolute atomic E-state index is 0.0451. The monoisotopic (exact) mass is 367 g/mol. The smallest absolute Gasteiger partial charge is 0.186 e. The average Bonchev–Trinajstić information content (AvgIpc) is 3.39. The van der Waals surface area contributed by atoms with Crippen molar-refractivity contribution in [3.05, 3.63) is 95.8 Å². The van der Waals surface area contributed by atoms with E-state index in [0.717, 1.165) is 16.8 Å². The van der Waals surface area contributed by atoms with Gasteiger partial charge in [-0.05, 0) is 17.7 Å². The Balaban J connectivity index is 1.48. The van der Waals surface area contributed by atoms with Crippen molar-refractivity contribution in [3.63, 3.8) is 0 Å². The Bertz CT molecular complexity index is 1130. The molecule has 0 fully saturated rings. The van der Waals surface area contributed by atoms with Crippen LogP contribution in [-0.2, 0) is 13.0 Å². The molecular weight excluding hydrogens is 350 g/mol. The van der Waals surface area contributed by atoms with Gasteiger partial charge in [-0.2, -0.15) is 5.26 Å². The molecule has 0 bridgehead atoms. The molecule has 4 rings (SSSR count). The van der Waals surface area contributed by atoms with E-state index in [-0.39, 0.29) is 12.2 Å². The number of nitriles is 1. The lowest BCUT2D eigenvalue weighted by Crippen LogP contribution is -2.10. The number of aromatic amines is 1. The van der Waals surface area contributed by atoms with E-state index in [1.807, 2.05) is 47.0 Å². The second-order valence-electron chi connectivity index (χ2n) is 6.43. The second kappa shape index (κ2) is 7.72. The maximum Gasteiger partial charge on any atom is 0.186 e. The topological polar surface area (TPSA) is 87.4 Å². The molecule has 0 saturated carbocycles. The number of carbonyl (C=O) groups excluding carboxylic acids is 1. The van der Waals surface area contributed by atoms with Gasteiger partial charge >= 0.3 is 0 Å². The Kier molecular flexibility index (Phi) is 4.81. The molecule has 2 aromatic heterocycles. The number of benzene rings is 2. The van der Waals surface area contributed by atoms with E-state index in [1.165, 1.54) is 0 Å². The predicted molar refractivity (Wildman–Crippen MR) is 105 cm³/mol.